The van der Waals surface area contributed by atoms with Gasteiger partial charge < -0.3 is 11.1 Å². The average molecular weight is 334 g/mol. The van der Waals surface area contributed by atoms with Crippen LogP contribution in [-0.4, -0.2) is 16.9 Å². The maximum absolute atomic E-state index is 12.0. The number of amides is 1. The van der Waals surface area contributed by atoms with Gasteiger partial charge in [0.15, 0.2) is 0 Å². The number of halogens is 1. The topological polar surface area (TPSA) is 68.0 Å². The molecule has 104 valence electrons. The van der Waals surface area contributed by atoms with Crippen molar-refractivity contribution in [3.8, 4) is 0 Å². The zero-order valence-corrected chi connectivity index (χ0v) is 12.6. The van der Waals surface area contributed by atoms with Gasteiger partial charge >= 0.3 is 0 Å². The molecule has 0 radical (unpaired) electrons. The molecule has 1 atom stereocenters. The van der Waals surface area contributed by atoms with E-state index in [1.54, 1.807) is 6.20 Å². The van der Waals surface area contributed by atoms with Crippen LogP contribution in [0.1, 0.15) is 19.3 Å². The first-order chi connectivity index (χ1) is 9.63. The number of nitrogens with two attached hydrogens (primary N) is 1. The van der Waals surface area contributed by atoms with Crippen molar-refractivity contribution < 1.29 is 4.79 Å². The Balaban J connectivity index is 1.78. The van der Waals surface area contributed by atoms with Crippen LogP contribution in [0.25, 0.3) is 10.9 Å². The summed E-state index contributed by atoms with van der Waals surface area (Å²) in [6, 6.07) is 7.70. The van der Waals surface area contributed by atoms with E-state index in [0.717, 1.165) is 33.9 Å². The van der Waals surface area contributed by atoms with Gasteiger partial charge in [-0.2, -0.15) is 0 Å². The minimum atomic E-state index is -0.0402. The number of para-hydroxylation sites is 1. The quantitative estimate of drug-likeness (QED) is 0.903. The van der Waals surface area contributed by atoms with Crippen molar-refractivity contribution in [2.75, 3.05) is 5.32 Å². The van der Waals surface area contributed by atoms with Gasteiger partial charge in [0, 0.05) is 28.5 Å². The SMILES string of the molecule is NC(CC(=O)Nc1cccc2cc(Br)cnc12)C1CC1. The van der Waals surface area contributed by atoms with E-state index in [-0.39, 0.29) is 11.9 Å². The highest BCUT2D eigenvalue weighted by molar-refractivity contribution is 9.10. The molecule has 1 saturated carbocycles. The number of fused-ring (bicyclic) bond motifs is 1. The predicted molar refractivity (Wildman–Crippen MR) is 83.4 cm³/mol. The third kappa shape index (κ3) is 2.99. The van der Waals surface area contributed by atoms with Crippen molar-refractivity contribution in [3.63, 3.8) is 0 Å². The van der Waals surface area contributed by atoms with E-state index in [4.69, 9.17) is 5.73 Å². The van der Waals surface area contributed by atoms with Crippen molar-refractivity contribution in [2.45, 2.75) is 25.3 Å². The molecule has 0 saturated heterocycles. The van der Waals surface area contributed by atoms with Crippen LogP contribution < -0.4 is 11.1 Å². The van der Waals surface area contributed by atoms with Gasteiger partial charge in [0.25, 0.3) is 0 Å². The number of nitrogens with one attached hydrogen (secondary N) is 1. The zero-order valence-electron chi connectivity index (χ0n) is 11.0. The van der Waals surface area contributed by atoms with Crippen molar-refractivity contribution in [1.29, 1.82) is 0 Å². The summed E-state index contributed by atoms with van der Waals surface area (Å²) < 4.78 is 0.921. The minimum Gasteiger partial charge on any atom is -0.327 e. The first-order valence-electron chi connectivity index (χ1n) is 6.73. The van der Waals surface area contributed by atoms with Gasteiger partial charge in [-0.25, -0.2) is 0 Å². The summed E-state index contributed by atoms with van der Waals surface area (Å²) >= 11 is 3.40. The number of rotatable bonds is 4. The number of hydrogen-bond donors (Lipinski definition) is 2. The number of hydrogen-bond acceptors (Lipinski definition) is 3. The first kappa shape index (κ1) is 13.5. The monoisotopic (exact) mass is 333 g/mol. The number of carbonyl (C=O) groups is 1. The fourth-order valence-electron chi connectivity index (χ4n) is 2.34. The van der Waals surface area contributed by atoms with Gasteiger partial charge in [-0.15, -0.1) is 0 Å². The Bertz CT molecular complexity index is 655. The maximum Gasteiger partial charge on any atom is 0.226 e. The molecule has 1 heterocycles. The fraction of sp³-hybridized carbons (Fsp3) is 0.333. The third-order valence-electron chi connectivity index (χ3n) is 3.60. The highest BCUT2D eigenvalue weighted by Gasteiger charge is 2.29. The second kappa shape index (κ2) is 5.50. The van der Waals surface area contributed by atoms with E-state index in [9.17, 15) is 4.79 Å². The molecule has 3 rings (SSSR count). The number of nitrogens with zero attached hydrogens (tertiary/aromatic N) is 1. The van der Waals surface area contributed by atoms with Gasteiger partial charge in [-0.1, -0.05) is 12.1 Å². The minimum absolute atomic E-state index is 0.0212. The lowest BCUT2D eigenvalue weighted by atomic mass is 10.1. The number of benzene rings is 1. The Labute approximate surface area is 125 Å². The van der Waals surface area contributed by atoms with E-state index < -0.39 is 0 Å². The summed E-state index contributed by atoms with van der Waals surface area (Å²) in [5.41, 5.74) is 7.52. The average Bonchev–Trinajstić information content (AvgIpc) is 3.22. The van der Waals surface area contributed by atoms with Crippen LogP contribution in [0.15, 0.2) is 34.9 Å². The molecule has 1 aromatic heterocycles. The summed E-state index contributed by atoms with van der Waals surface area (Å²) in [4.78, 5) is 16.4. The maximum atomic E-state index is 12.0. The molecule has 1 unspecified atom stereocenters. The number of pyridine rings is 1. The van der Waals surface area contributed by atoms with Crippen molar-refractivity contribution in [2.24, 2.45) is 11.7 Å². The summed E-state index contributed by atoms with van der Waals surface area (Å²) in [6.45, 7) is 0. The lowest BCUT2D eigenvalue weighted by molar-refractivity contribution is -0.116. The molecule has 1 amide bonds. The van der Waals surface area contributed by atoms with Crippen LogP contribution in [0.5, 0.6) is 0 Å². The standard InChI is InChI=1S/C15H16BrN3O/c16-11-6-10-2-1-3-13(15(10)18-8-11)19-14(20)7-12(17)9-4-5-9/h1-3,6,8-9,12H,4-5,7,17H2,(H,19,20). The van der Waals surface area contributed by atoms with Crippen LogP contribution in [-0.2, 0) is 4.79 Å². The molecule has 2 aromatic rings. The Morgan fingerprint density at radius 2 is 2.30 bits per heavy atom. The van der Waals surface area contributed by atoms with Crippen molar-refractivity contribution >= 4 is 38.4 Å². The Morgan fingerprint density at radius 3 is 3.05 bits per heavy atom. The van der Waals surface area contributed by atoms with E-state index in [0.29, 0.717) is 12.3 Å². The molecule has 3 N–H and O–H groups in total. The number of carbonyl (C=O) groups excluding carboxylic acids is 1. The number of anilines is 1. The van der Waals surface area contributed by atoms with Gasteiger partial charge in [0.05, 0.1) is 11.2 Å². The summed E-state index contributed by atoms with van der Waals surface area (Å²) in [5.74, 6) is 0.490. The lowest BCUT2D eigenvalue weighted by Crippen LogP contribution is -2.28. The van der Waals surface area contributed by atoms with E-state index in [1.165, 1.54) is 0 Å². The molecular weight excluding hydrogens is 318 g/mol. The Kier molecular flexibility index (Phi) is 3.72. The highest BCUT2D eigenvalue weighted by atomic mass is 79.9. The Morgan fingerprint density at radius 1 is 1.50 bits per heavy atom. The summed E-state index contributed by atoms with van der Waals surface area (Å²) in [7, 11) is 0. The fourth-order valence-corrected chi connectivity index (χ4v) is 2.69. The second-order valence-corrected chi connectivity index (χ2v) is 6.20. The summed E-state index contributed by atoms with van der Waals surface area (Å²) in [5, 5.41) is 3.91. The van der Waals surface area contributed by atoms with Crippen molar-refractivity contribution in [1.82, 2.24) is 4.98 Å². The smallest absolute Gasteiger partial charge is 0.226 e. The Hall–Kier alpha value is -1.46. The van der Waals surface area contributed by atoms with Crippen LogP contribution >= 0.6 is 15.9 Å². The molecule has 1 aliphatic carbocycles. The van der Waals surface area contributed by atoms with Crippen LogP contribution in [0.3, 0.4) is 0 Å². The summed E-state index contributed by atoms with van der Waals surface area (Å²) in [6.07, 6.45) is 4.40. The van der Waals surface area contributed by atoms with Crippen LogP contribution in [0.2, 0.25) is 0 Å². The third-order valence-corrected chi connectivity index (χ3v) is 4.03. The first-order valence-corrected chi connectivity index (χ1v) is 7.52. The molecule has 5 heteroatoms. The van der Waals surface area contributed by atoms with Gasteiger partial charge in [-0.3, -0.25) is 9.78 Å². The number of aromatic nitrogens is 1. The van der Waals surface area contributed by atoms with Gasteiger partial charge in [0.1, 0.15) is 0 Å². The lowest BCUT2D eigenvalue weighted by Gasteiger charge is -2.11. The molecule has 0 spiro atoms. The molecule has 1 aromatic carbocycles. The zero-order chi connectivity index (χ0) is 14.1. The predicted octanol–water partition coefficient (Wildman–Crippen LogP) is 3.06. The van der Waals surface area contributed by atoms with Crippen LogP contribution in [0.4, 0.5) is 5.69 Å². The normalized spacial score (nSPS) is 16.1. The van der Waals surface area contributed by atoms with Gasteiger partial charge in [-0.05, 0) is 46.8 Å². The second-order valence-electron chi connectivity index (χ2n) is 5.28. The molecule has 20 heavy (non-hydrogen) atoms. The molecule has 1 aliphatic rings. The van der Waals surface area contributed by atoms with E-state index >= 15 is 0 Å². The molecule has 1 fully saturated rings. The molecular formula is C15H16BrN3O. The van der Waals surface area contributed by atoms with E-state index in [1.807, 2.05) is 24.3 Å². The van der Waals surface area contributed by atoms with Gasteiger partial charge in [0.2, 0.25) is 5.91 Å². The van der Waals surface area contributed by atoms with Crippen LogP contribution in [0, 0.1) is 5.92 Å². The highest BCUT2D eigenvalue weighted by Crippen LogP contribution is 2.33. The molecule has 4 nitrogen and oxygen atoms in total. The molecule has 0 bridgehead atoms. The van der Waals surface area contributed by atoms with E-state index in [2.05, 4.69) is 26.2 Å². The molecule has 0 aliphatic heterocycles. The largest absolute Gasteiger partial charge is 0.327 e. The van der Waals surface area contributed by atoms with Crippen molar-refractivity contribution in [3.05, 3.63) is 34.9 Å².